The van der Waals surface area contributed by atoms with E-state index in [1.54, 1.807) is 30.8 Å². The quantitative estimate of drug-likeness (QED) is 0.759. The van der Waals surface area contributed by atoms with Crippen molar-refractivity contribution in [1.29, 1.82) is 0 Å². The second-order valence-electron chi connectivity index (χ2n) is 5.30. The lowest BCUT2D eigenvalue weighted by atomic mass is 9.98. The first-order chi connectivity index (χ1) is 11.1. The van der Waals surface area contributed by atoms with Crippen LogP contribution in [0.4, 0.5) is 8.78 Å². The Bertz CT molecular complexity index is 760. The standard InChI is InChI=1S/C18H16F2N2O/c1-12(17-5-3-9-23-17)22-18(14-4-2-8-21-11-14)13-6-7-15(19)16(20)10-13/h2-12,18,22H,1H3/t12-,18+/m1/s1. The van der Waals surface area contributed by atoms with E-state index < -0.39 is 11.6 Å². The van der Waals surface area contributed by atoms with Crippen LogP contribution in [0, 0.1) is 11.6 Å². The van der Waals surface area contributed by atoms with Gasteiger partial charge in [-0.3, -0.25) is 10.3 Å². The molecule has 23 heavy (non-hydrogen) atoms. The monoisotopic (exact) mass is 314 g/mol. The molecule has 0 aliphatic heterocycles. The van der Waals surface area contributed by atoms with Gasteiger partial charge in [0.25, 0.3) is 0 Å². The van der Waals surface area contributed by atoms with E-state index in [4.69, 9.17) is 4.42 Å². The van der Waals surface area contributed by atoms with E-state index in [-0.39, 0.29) is 12.1 Å². The molecule has 2 atom stereocenters. The lowest BCUT2D eigenvalue weighted by Gasteiger charge is -2.23. The SMILES string of the molecule is C[C@@H](N[C@H](c1cccnc1)c1ccc(F)c(F)c1)c1ccco1. The van der Waals surface area contributed by atoms with Gasteiger partial charge in [0.05, 0.1) is 18.3 Å². The molecule has 3 nitrogen and oxygen atoms in total. The van der Waals surface area contributed by atoms with Crippen LogP contribution < -0.4 is 5.32 Å². The topological polar surface area (TPSA) is 38.1 Å². The predicted molar refractivity (Wildman–Crippen MR) is 82.7 cm³/mol. The van der Waals surface area contributed by atoms with Crippen molar-refractivity contribution in [3.63, 3.8) is 0 Å². The van der Waals surface area contributed by atoms with Gasteiger partial charge in [-0.2, -0.15) is 0 Å². The highest BCUT2D eigenvalue weighted by atomic mass is 19.2. The molecule has 0 amide bonds. The van der Waals surface area contributed by atoms with Crippen LogP contribution >= 0.6 is 0 Å². The van der Waals surface area contributed by atoms with Gasteiger partial charge < -0.3 is 4.42 Å². The zero-order valence-electron chi connectivity index (χ0n) is 12.5. The number of aromatic nitrogens is 1. The van der Waals surface area contributed by atoms with Crippen molar-refractivity contribution in [3.05, 3.63) is 89.6 Å². The molecule has 3 aromatic rings. The number of furan rings is 1. The molecule has 0 radical (unpaired) electrons. The minimum absolute atomic E-state index is 0.108. The first kappa shape index (κ1) is 15.4. The van der Waals surface area contributed by atoms with Gasteiger partial charge in [0.15, 0.2) is 11.6 Å². The summed E-state index contributed by atoms with van der Waals surface area (Å²) in [6.07, 6.45) is 4.97. The highest BCUT2D eigenvalue weighted by Crippen LogP contribution is 2.26. The van der Waals surface area contributed by atoms with Crippen LogP contribution in [0.5, 0.6) is 0 Å². The second kappa shape index (κ2) is 6.71. The summed E-state index contributed by atoms with van der Waals surface area (Å²) < 4.78 is 32.3. The van der Waals surface area contributed by atoms with Crippen LogP contribution in [0.25, 0.3) is 0 Å². The van der Waals surface area contributed by atoms with Crippen molar-refractivity contribution in [3.8, 4) is 0 Å². The average molecular weight is 314 g/mol. The van der Waals surface area contributed by atoms with E-state index in [2.05, 4.69) is 10.3 Å². The molecule has 1 N–H and O–H groups in total. The largest absolute Gasteiger partial charge is 0.468 e. The van der Waals surface area contributed by atoms with Gasteiger partial charge in [-0.1, -0.05) is 12.1 Å². The summed E-state index contributed by atoms with van der Waals surface area (Å²) in [5, 5.41) is 3.38. The highest BCUT2D eigenvalue weighted by Gasteiger charge is 2.20. The fourth-order valence-electron chi connectivity index (χ4n) is 2.49. The number of nitrogens with one attached hydrogen (secondary N) is 1. The van der Waals surface area contributed by atoms with E-state index in [1.807, 2.05) is 25.1 Å². The van der Waals surface area contributed by atoms with Crippen LogP contribution in [0.3, 0.4) is 0 Å². The van der Waals surface area contributed by atoms with Crippen molar-refractivity contribution < 1.29 is 13.2 Å². The first-order valence-electron chi connectivity index (χ1n) is 7.29. The van der Waals surface area contributed by atoms with Crippen molar-refractivity contribution in [2.75, 3.05) is 0 Å². The Morgan fingerprint density at radius 2 is 1.91 bits per heavy atom. The summed E-state index contributed by atoms with van der Waals surface area (Å²) >= 11 is 0. The summed E-state index contributed by atoms with van der Waals surface area (Å²) in [6, 6.07) is 10.8. The minimum Gasteiger partial charge on any atom is -0.468 e. The molecular weight excluding hydrogens is 298 g/mol. The first-order valence-corrected chi connectivity index (χ1v) is 7.29. The minimum atomic E-state index is -0.871. The molecule has 0 fully saturated rings. The smallest absolute Gasteiger partial charge is 0.159 e. The Hall–Kier alpha value is -2.53. The summed E-state index contributed by atoms with van der Waals surface area (Å²) in [6.45, 7) is 1.95. The predicted octanol–water partition coefficient (Wildman–Crippen LogP) is 4.39. The van der Waals surface area contributed by atoms with E-state index in [1.165, 1.54) is 6.07 Å². The summed E-state index contributed by atoms with van der Waals surface area (Å²) in [5.74, 6) is -0.969. The fraction of sp³-hybridized carbons (Fsp3) is 0.167. The third kappa shape index (κ3) is 3.46. The summed E-state index contributed by atoms with van der Waals surface area (Å²) in [7, 11) is 0. The molecule has 0 aliphatic carbocycles. The normalized spacial score (nSPS) is 13.7. The lowest BCUT2D eigenvalue weighted by molar-refractivity contribution is 0.410. The van der Waals surface area contributed by atoms with Gasteiger partial charge in [0.2, 0.25) is 0 Å². The molecule has 0 bridgehead atoms. The summed E-state index contributed by atoms with van der Waals surface area (Å²) in [5.41, 5.74) is 1.48. The van der Waals surface area contributed by atoms with E-state index in [0.717, 1.165) is 17.4 Å². The van der Waals surface area contributed by atoms with Gasteiger partial charge in [-0.05, 0) is 48.4 Å². The van der Waals surface area contributed by atoms with Gasteiger partial charge in [0, 0.05) is 12.4 Å². The van der Waals surface area contributed by atoms with Crippen LogP contribution in [0.15, 0.2) is 65.5 Å². The molecule has 2 heterocycles. The fourth-order valence-corrected chi connectivity index (χ4v) is 2.49. The van der Waals surface area contributed by atoms with Crippen molar-refractivity contribution >= 4 is 0 Å². The van der Waals surface area contributed by atoms with Crippen molar-refractivity contribution in [2.24, 2.45) is 0 Å². The van der Waals surface area contributed by atoms with Gasteiger partial charge >= 0.3 is 0 Å². The molecule has 1 aromatic carbocycles. The van der Waals surface area contributed by atoms with Gasteiger partial charge in [0.1, 0.15) is 5.76 Å². The van der Waals surface area contributed by atoms with Crippen LogP contribution in [0.1, 0.15) is 35.9 Å². The van der Waals surface area contributed by atoms with Crippen LogP contribution in [-0.4, -0.2) is 4.98 Å². The molecule has 5 heteroatoms. The van der Waals surface area contributed by atoms with E-state index in [9.17, 15) is 8.78 Å². The number of rotatable bonds is 5. The number of hydrogen-bond donors (Lipinski definition) is 1. The van der Waals surface area contributed by atoms with Crippen molar-refractivity contribution in [1.82, 2.24) is 10.3 Å². The molecule has 0 aliphatic rings. The second-order valence-corrected chi connectivity index (χ2v) is 5.30. The average Bonchev–Trinajstić information content (AvgIpc) is 3.10. The summed E-state index contributed by atoms with van der Waals surface area (Å²) in [4.78, 5) is 4.11. The van der Waals surface area contributed by atoms with E-state index in [0.29, 0.717) is 5.56 Å². The number of benzene rings is 1. The van der Waals surface area contributed by atoms with E-state index >= 15 is 0 Å². The maximum absolute atomic E-state index is 13.6. The molecule has 0 saturated heterocycles. The molecule has 0 saturated carbocycles. The zero-order valence-corrected chi connectivity index (χ0v) is 12.5. The Morgan fingerprint density at radius 1 is 1.04 bits per heavy atom. The van der Waals surface area contributed by atoms with Crippen LogP contribution in [0.2, 0.25) is 0 Å². The molecule has 3 rings (SSSR count). The number of halogens is 2. The molecular formula is C18H16F2N2O. The number of nitrogens with zero attached hydrogens (tertiary/aromatic N) is 1. The number of pyridine rings is 1. The maximum atomic E-state index is 13.6. The molecule has 0 unspecified atom stereocenters. The van der Waals surface area contributed by atoms with Crippen LogP contribution in [-0.2, 0) is 0 Å². The maximum Gasteiger partial charge on any atom is 0.159 e. The molecule has 2 aromatic heterocycles. The Labute approximate surface area is 133 Å². The number of hydrogen-bond acceptors (Lipinski definition) is 3. The third-order valence-corrected chi connectivity index (χ3v) is 3.68. The Kier molecular flexibility index (Phi) is 4.48. The Balaban J connectivity index is 1.95. The highest BCUT2D eigenvalue weighted by molar-refractivity contribution is 5.31. The molecule has 118 valence electrons. The zero-order chi connectivity index (χ0) is 16.2. The molecule has 0 spiro atoms. The van der Waals surface area contributed by atoms with Crippen molar-refractivity contribution in [2.45, 2.75) is 19.0 Å². The lowest BCUT2D eigenvalue weighted by Crippen LogP contribution is -2.25. The third-order valence-electron chi connectivity index (χ3n) is 3.68. The Morgan fingerprint density at radius 3 is 2.57 bits per heavy atom. The van der Waals surface area contributed by atoms with Gasteiger partial charge in [-0.15, -0.1) is 0 Å². The van der Waals surface area contributed by atoms with Gasteiger partial charge in [-0.25, -0.2) is 8.78 Å².